The Morgan fingerprint density at radius 3 is 2.29 bits per heavy atom. The number of rotatable bonds is 3. The third-order valence-corrected chi connectivity index (χ3v) is 2.99. The summed E-state index contributed by atoms with van der Waals surface area (Å²) in [6.07, 6.45) is 0. The van der Waals surface area contributed by atoms with Crippen LogP contribution in [0.2, 0.25) is 0 Å². The lowest BCUT2D eigenvalue weighted by Gasteiger charge is -2.33. The van der Waals surface area contributed by atoms with Crippen molar-refractivity contribution >= 4 is 12.4 Å². The smallest absolute Gasteiger partial charge is 0.123 e. The van der Waals surface area contributed by atoms with Crippen molar-refractivity contribution < 1.29 is 8.78 Å². The number of hydrogen-bond donors (Lipinski definition) is 1. The molecule has 1 fully saturated rings. The quantitative estimate of drug-likeness (QED) is 0.898. The van der Waals surface area contributed by atoms with E-state index in [1.807, 2.05) is 0 Å². The standard InChI is InChI=1S/C12H16F2N2.ClH/c13-9-12(16-7-5-15-6-8-16)10-1-3-11(14)4-2-10;/h1-4,12,15H,5-9H2;1H/t12-;/m1./s1. The molecule has 1 aromatic rings. The molecule has 2 rings (SSSR count). The van der Waals surface area contributed by atoms with Gasteiger partial charge >= 0.3 is 0 Å². The molecule has 1 aromatic carbocycles. The molecular weight excluding hydrogens is 246 g/mol. The van der Waals surface area contributed by atoms with Crippen molar-refractivity contribution in [2.45, 2.75) is 6.04 Å². The van der Waals surface area contributed by atoms with Gasteiger partial charge in [-0.15, -0.1) is 12.4 Å². The van der Waals surface area contributed by atoms with E-state index in [9.17, 15) is 8.78 Å². The van der Waals surface area contributed by atoms with Crippen molar-refractivity contribution in [3.63, 3.8) is 0 Å². The Morgan fingerprint density at radius 1 is 1.18 bits per heavy atom. The first-order chi connectivity index (χ1) is 7.81. The Kier molecular flexibility index (Phi) is 5.82. The van der Waals surface area contributed by atoms with Crippen LogP contribution < -0.4 is 5.32 Å². The van der Waals surface area contributed by atoms with E-state index >= 15 is 0 Å². The molecule has 0 bridgehead atoms. The zero-order valence-electron chi connectivity index (χ0n) is 9.53. The fourth-order valence-electron chi connectivity index (χ4n) is 2.08. The molecule has 1 saturated heterocycles. The van der Waals surface area contributed by atoms with Gasteiger partial charge in [0, 0.05) is 26.2 Å². The fourth-order valence-corrected chi connectivity index (χ4v) is 2.08. The second-order valence-electron chi connectivity index (χ2n) is 4.01. The van der Waals surface area contributed by atoms with E-state index in [1.54, 1.807) is 12.1 Å². The summed E-state index contributed by atoms with van der Waals surface area (Å²) in [6, 6.07) is 5.88. The number of nitrogens with one attached hydrogen (secondary N) is 1. The van der Waals surface area contributed by atoms with Gasteiger partial charge in [-0.1, -0.05) is 12.1 Å². The second-order valence-corrected chi connectivity index (χ2v) is 4.01. The lowest BCUT2D eigenvalue weighted by molar-refractivity contribution is 0.147. The Bertz CT molecular complexity index is 326. The van der Waals surface area contributed by atoms with Gasteiger partial charge in [0.2, 0.25) is 0 Å². The molecule has 5 heteroatoms. The maximum absolute atomic E-state index is 13.1. The van der Waals surface area contributed by atoms with Crippen LogP contribution >= 0.6 is 12.4 Å². The highest BCUT2D eigenvalue weighted by molar-refractivity contribution is 5.85. The third kappa shape index (κ3) is 3.63. The lowest BCUT2D eigenvalue weighted by atomic mass is 10.1. The van der Waals surface area contributed by atoms with Crippen LogP contribution in [-0.4, -0.2) is 37.8 Å². The summed E-state index contributed by atoms with van der Waals surface area (Å²) >= 11 is 0. The first-order valence-electron chi connectivity index (χ1n) is 5.57. The molecular formula is C12H17ClF2N2. The summed E-state index contributed by atoms with van der Waals surface area (Å²) in [5, 5.41) is 3.23. The Hall–Kier alpha value is -0.710. The fraction of sp³-hybridized carbons (Fsp3) is 0.500. The van der Waals surface area contributed by atoms with Gasteiger partial charge in [-0.05, 0) is 17.7 Å². The number of alkyl halides is 1. The first-order valence-corrected chi connectivity index (χ1v) is 5.57. The summed E-state index contributed by atoms with van der Waals surface area (Å²) in [5.74, 6) is -0.276. The minimum absolute atomic E-state index is 0. The zero-order valence-corrected chi connectivity index (χ0v) is 10.4. The van der Waals surface area contributed by atoms with Crippen molar-refractivity contribution in [3.8, 4) is 0 Å². The number of nitrogens with zero attached hydrogens (tertiary/aromatic N) is 1. The first kappa shape index (κ1) is 14.4. The van der Waals surface area contributed by atoms with Crippen LogP contribution in [0.3, 0.4) is 0 Å². The van der Waals surface area contributed by atoms with Gasteiger partial charge in [0.25, 0.3) is 0 Å². The minimum atomic E-state index is -0.425. The minimum Gasteiger partial charge on any atom is -0.314 e. The summed E-state index contributed by atoms with van der Waals surface area (Å²) < 4.78 is 25.9. The molecule has 17 heavy (non-hydrogen) atoms. The van der Waals surface area contributed by atoms with E-state index in [0.29, 0.717) is 0 Å². The van der Waals surface area contributed by atoms with Gasteiger partial charge < -0.3 is 5.32 Å². The van der Waals surface area contributed by atoms with E-state index < -0.39 is 6.67 Å². The van der Waals surface area contributed by atoms with Crippen LogP contribution in [0.5, 0.6) is 0 Å². The number of halogens is 3. The SMILES string of the molecule is Cl.FC[C@H](c1ccc(F)cc1)N1CCNCC1. The van der Waals surface area contributed by atoms with Gasteiger partial charge in [0.05, 0.1) is 6.04 Å². The highest BCUT2D eigenvalue weighted by Gasteiger charge is 2.21. The van der Waals surface area contributed by atoms with Gasteiger partial charge in [0.15, 0.2) is 0 Å². The van der Waals surface area contributed by atoms with Gasteiger partial charge in [-0.25, -0.2) is 8.78 Å². The molecule has 0 spiro atoms. The number of hydrogen-bond acceptors (Lipinski definition) is 2. The molecule has 2 nitrogen and oxygen atoms in total. The average Bonchev–Trinajstić information content (AvgIpc) is 2.34. The summed E-state index contributed by atoms with van der Waals surface area (Å²) in [4.78, 5) is 2.10. The summed E-state index contributed by atoms with van der Waals surface area (Å²) in [6.45, 7) is 3.03. The summed E-state index contributed by atoms with van der Waals surface area (Å²) in [5.41, 5.74) is 0.853. The number of piperazine rings is 1. The van der Waals surface area contributed by atoms with Crippen molar-refractivity contribution in [2.75, 3.05) is 32.9 Å². The molecule has 0 saturated carbocycles. The van der Waals surface area contributed by atoms with Crippen LogP contribution in [0.15, 0.2) is 24.3 Å². The highest BCUT2D eigenvalue weighted by Crippen LogP contribution is 2.21. The monoisotopic (exact) mass is 262 g/mol. The van der Waals surface area contributed by atoms with Crippen molar-refractivity contribution in [1.29, 1.82) is 0 Å². The van der Waals surface area contributed by atoms with Gasteiger partial charge in [-0.2, -0.15) is 0 Å². The lowest BCUT2D eigenvalue weighted by Crippen LogP contribution is -2.45. The maximum Gasteiger partial charge on any atom is 0.123 e. The van der Waals surface area contributed by atoms with Crippen LogP contribution in [0.25, 0.3) is 0 Å². The Morgan fingerprint density at radius 2 is 1.76 bits per heavy atom. The molecule has 1 aliphatic heterocycles. The molecule has 0 aromatic heterocycles. The van der Waals surface area contributed by atoms with Crippen molar-refractivity contribution in [2.24, 2.45) is 0 Å². The van der Waals surface area contributed by atoms with Crippen molar-refractivity contribution in [1.82, 2.24) is 10.2 Å². The predicted octanol–water partition coefficient (Wildman–Crippen LogP) is 2.16. The topological polar surface area (TPSA) is 15.3 Å². The molecule has 0 aliphatic carbocycles. The molecule has 1 heterocycles. The summed E-state index contributed by atoms with van der Waals surface area (Å²) in [7, 11) is 0. The molecule has 1 aliphatic rings. The van der Waals surface area contributed by atoms with Crippen LogP contribution in [0.1, 0.15) is 11.6 Å². The van der Waals surface area contributed by atoms with E-state index in [-0.39, 0.29) is 24.3 Å². The number of benzene rings is 1. The molecule has 96 valence electrons. The second kappa shape index (κ2) is 6.89. The zero-order chi connectivity index (χ0) is 11.4. The van der Waals surface area contributed by atoms with E-state index in [1.165, 1.54) is 12.1 Å². The highest BCUT2D eigenvalue weighted by atomic mass is 35.5. The molecule has 0 amide bonds. The normalized spacial score (nSPS) is 18.5. The third-order valence-electron chi connectivity index (χ3n) is 2.99. The van der Waals surface area contributed by atoms with Gasteiger partial charge in [0.1, 0.15) is 12.5 Å². The van der Waals surface area contributed by atoms with Crippen LogP contribution in [0.4, 0.5) is 8.78 Å². The van der Waals surface area contributed by atoms with E-state index in [4.69, 9.17) is 0 Å². The Balaban J connectivity index is 0.00000144. The van der Waals surface area contributed by atoms with E-state index in [2.05, 4.69) is 10.2 Å². The molecule has 0 unspecified atom stereocenters. The Labute approximate surface area is 106 Å². The largest absolute Gasteiger partial charge is 0.314 e. The van der Waals surface area contributed by atoms with Crippen LogP contribution in [0, 0.1) is 5.82 Å². The molecule has 1 N–H and O–H groups in total. The predicted molar refractivity (Wildman–Crippen MR) is 66.8 cm³/mol. The maximum atomic E-state index is 13.1. The van der Waals surface area contributed by atoms with Crippen LogP contribution in [-0.2, 0) is 0 Å². The van der Waals surface area contributed by atoms with Crippen molar-refractivity contribution in [3.05, 3.63) is 35.6 Å². The van der Waals surface area contributed by atoms with Gasteiger partial charge in [-0.3, -0.25) is 4.90 Å². The molecule has 0 radical (unpaired) electrons. The molecule has 1 atom stereocenters. The average molecular weight is 263 g/mol. The van der Waals surface area contributed by atoms with E-state index in [0.717, 1.165) is 31.7 Å².